The van der Waals surface area contributed by atoms with Crippen LogP contribution in [0.3, 0.4) is 0 Å². The molecule has 112 valence electrons. The Morgan fingerprint density at radius 3 is 2.71 bits per heavy atom. The van der Waals surface area contributed by atoms with Crippen LogP contribution in [0.15, 0.2) is 30.3 Å². The van der Waals surface area contributed by atoms with E-state index in [1.165, 1.54) is 6.07 Å². The molecule has 2 rings (SSSR count). The van der Waals surface area contributed by atoms with Gasteiger partial charge in [0.05, 0.1) is 6.04 Å². The van der Waals surface area contributed by atoms with Crippen molar-refractivity contribution < 1.29 is 4.39 Å². The molecule has 1 aromatic carbocycles. The molecule has 0 bridgehead atoms. The predicted octanol–water partition coefficient (Wildman–Crippen LogP) is 3.92. The quantitative estimate of drug-likeness (QED) is 0.846. The van der Waals surface area contributed by atoms with Crippen molar-refractivity contribution in [3.8, 4) is 0 Å². The lowest BCUT2D eigenvalue weighted by Crippen LogP contribution is -2.12. The maximum atomic E-state index is 13.8. The zero-order valence-electron chi connectivity index (χ0n) is 12.7. The van der Waals surface area contributed by atoms with E-state index in [0.717, 1.165) is 18.7 Å². The van der Waals surface area contributed by atoms with Crippen molar-refractivity contribution in [2.45, 2.75) is 33.2 Å². The molecule has 5 heteroatoms. The Kier molecular flexibility index (Phi) is 5.09. The number of nitrogens with zero attached hydrogens (tertiary/aromatic N) is 2. The standard InChI is InChI=1S/C16H21FN4/c1-4-9-18-16-19-11(2)10-15(21-16)20-12(3)13-7-5-6-8-14(13)17/h5-8,10,12H,4,9H2,1-3H3,(H2,18,19,20,21). The van der Waals surface area contributed by atoms with Crippen LogP contribution in [-0.4, -0.2) is 16.5 Å². The molecule has 2 N–H and O–H groups in total. The molecule has 0 spiro atoms. The number of hydrogen-bond donors (Lipinski definition) is 2. The molecule has 0 fully saturated rings. The fourth-order valence-electron chi connectivity index (χ4n) is 2.08. The average molecular weight is 288 g/mol. The number of rotatable bonds is 6. The molecule has 1 aromatic heterocycles. The van der Waals surface area contributed by atoms with Crippen LogP contribution in [0.5, 0.6) is 0 Å². The smallest absolute Gasteiger partial charge is 0.224 e. The SMILES string of the molecule is CCCNc1nc(C)cc(NC(C)c2ccccc2F)n1. The van der Waals surface area contributed by atoms with Gasteiger partial charge in [-0.1, -0.05) is 25.1 Å². The lowest BCUT2D eigenvalue weighted by atomic mass is 10.1. The minimum Gasteiger partial charge on any atom is -0.363 e. The van der Waals surface area contributed by atoms with Gasteiger partial charge >= 0.3 is 0 Å². The molecule has 0 aliphatic rings. The number of aryl methyl sites for hydroxylation is 1. The van der Waals surface area contributed by atoms with E-state index in [2.05, 4.69) is 27.5 Å². The summed E-state index contributed by atoms with van der Waals surface area (Å²) < 4.78 is 13.8. The minimum atomic E-state index is -0.215. The van der Waals surface area contributed by atoms with E-state index in [1.54, 1.807) is 12.1 Å². The number of benzene rings is 1. The van der Waals surface area contributed by atoms with E-state index in [1.807, 2.05) is 26.0 Å². The highest BCUT2D eigenvalue weighted by atomic mass is 19.1. The third-order valence-corrected chi connectivity index (χ3v) is 3.12. The van der Waals surface area contributed by atoms with Crippen molar-refractivity contribution in [3.63, 3.8) is 0 Å². The van der Waals surface area contributed by atoms with Gasteiger partial charge in [0.15, 0.2) is 0 Å². The van der Waals surface area contributed by atoms with Crippen LogP contribution in [0.25, 0.3) is 0 Å². The summed E-state index contributed by atoms with van der Waals surface area (Å²) >= 11 is 0. The molecule has 0 radical (unpaired) electrons. The molecular formula is C16H21FN4. The van der Waals surface area contributed by atoms with Crippen LogP contribution < -0.4 is 10.6 Å². The van der Waals surface area contributed by atoms with Crippen LogP contribution in [-0.2, 0) is 0 Å². The monoisotopic (exact) mass is 288 g/mol. The fourth-order valence-corrected chi connectivity index (χ4v) is 2.08. The third kappa shape index (κ3) is 4.15. The first-order valence-electron chi connectivity index (χ1n) is 7.20. The Bertz CT molecular complexity index is 601. The van der Waals surface area contributed by atoms with Crippen molar-refractivity contribution in [1.82, 2.24) is 9.97 Å². The van der Waals surface area contributed by atoms with Gasteiger partial charge in [-0.05, 0) is 26.3 Å². The van der Waals surface area contributed by atoms with Gasteiger partial charge in [-0.2, -0.15) is 4.98 Å². The maximum absolute atomic E-state index is 13.8. The van der Waals surface area contributed by atoms with Crippen LogP contribution in [0.4, 0.5) is 16.2 Å². The van der Waals surface area contributed by atoms with Gasteiger partial charge in [0.2, 0.25) is 5.95 Å². The van der Waals surface area contributed by atoms with Crippen molar-refractivity contribution in [2.75, 3.05) is 17.2 Å². The molecule has 0 saturated carbocycles. The first-order valence-corrected chi connectivity index (χ1v) is 7.20. The second kappa shape index (κ2) is 7.02. The molecule has 1 atom stereocenters. The lowest BCUT2D eigenvalue weighted by Gasteiger charge is -2.16. The van der Waals surface area contributed by atoms with Crippen molar-refractivity contribution in [3.05, 3.63) is 47.4 Å². The van der Waals surface area contributed by atoms with Crippen LogP contribution in [0.1, 0.15) is 37.6 Å². The molecule has 0 aliphatic heterocycles. The molecule has 4 nitrogen and oxygen atoms in total. The summed E-state index contributed by atoms with van der Waals surface area (Å²) in [5.74, 6) is 1.07. The Morgan fingerprint density at radius 2 is 2.00 bits per heavy atom. The van der Waals surface area contributed by atoms with Crippen LogP contribution in [0, 0.1) is 12.7 Å². The Labute approximate surface area is 124 Å². The number of nitrogens with one attached hydrogen (secondary N) is 2. The van der Waals surface area contributed by atoms with E-state index in [-0.39, 0.29) is 11.9 Å². The highest BCUT2D eigenvalue weighted by Crippen LogP contribution is 2.21. The molecule has 0 saturated heterocycles. The lowest BCUT2D eigenvalue weighted by molar-refractivity contribution is 0.600. The topological polar surface area (TPSA) is 49.8 Å². The van der Waals surface area contributed by atoms with E-state index in [0.29, 0.717) is 17.3 Å². The van der Waals surface area contributed by atoms with Gasteiger partial charge < -0.3 is 10.6 Å². The number of anilines is 2. The van der Waals surface area contributed by atoms with Gasteiger partial charge in [-0.15, -0.1) is 0 Å². The summed E-state index contributed by atoms with van der Waals surface area (Å²) in [7, 11) is 0. The number of hydrogen-bond acceptors (Lipinski definition) is 4. The van der Waals surface area contributed by atoms with E-state index in [9.17, 15) is 4.39 Å². The zero-order valence-corrected chi connectivity index (χ0v) is 12.7. The van der Waals surface area contributed by atoms with E-state index in [4.69, 9.17) is 0 Å². The Morgan fingerprint density at radius 1 is 1.24 bits per heavy atom. The minimum absolute atomic E-state index is 0.167. The molecule has 0 aliphatic carbocycles. The summed E-state index contributed by atoms with van der Waals surface area (Å²) in [5, 5.41) is 6.39. The van der Waals surface area contributed by atoms with Crippen molar-refractivity contribution >= 4 is 11.8 Å². The summed E-state index contributed by atoms with van der Waals surface area (Å²) in [6, 6.07) is 8.45. The highest BCUT2D eigenvalue weighted by Gasteiger charge is 2.11. The fraction of sp³-hybridized carbons (Fsp3) is 0.375. The van der Waals surface area contributed by atoms with Gasteiger partial charge in [0.25, 0.3) is 0 Å². The molecule has 1 heterocycles. The largest absolute Gasteiger partial charge is 0.363 e. The molecule has 2 aromatic rings. The van der Waals surface area contributed by atoms with Crippen LogP contribution >= 0.6 is 0 Å². The van der Waals surface area contributed by atoms with Crippen molar-refractivity contribution in [1.29, 1.82) is 0 Å². The second-order valence-electron chi connectivity index (χ2n) is 5.03. The summed E-state index contributed by atoms with van der Waals surface area (Å²) in [6.07, 6.45) is 1.01. The first-order chi connectivity index (χ1) is 10.1. The van der Waals surface area contributed by atoms with Crippen LogP contribution in [0.2, 0.25) is 0 Å². The summed E-state index contributed by atoms with van der Waals surface area (Å²) in [5.41, 5.74) is 1.49. The van der Waals surface area contributed by atoms with Gasteiger partial charge in [0.1, 0.15) is 11.6 Å². The highest BCUT2D eigenvalue weighted by molar-refractivity contribution is 5.44. The van der Waals surface area contributed by atoms with Gasteiger partial charge in [0, 0.05) is 23.9 Å². The van der Waals surface area contributed by atoms with Gasteiger partial charge in [-0.3, -0.25) is 0 Å². The molecule has 21 heavy (non-hydrogen) atoms. The normalized spacial score (nSPS) is 12.0. The maximum Gasteiger partial charge on any atom is 0.224 e. The summed E-state index contributed by atoms with van der Waals surface area (Å²) in [6.45, 7) is 6.74. The van der Waals surface area contributed by atoms with Crippen molar-refractivity contribution in [2.24, 2.45) is 0 Å². The third-order valence-electron chi connectivity index (χ3n) is 3.12. The average Bonchev–Trinajstić information content (AvgIpc) is 2.45. The Balaban J connectivity index is 2.15. The zero-order chi connectivity index (χ0) is 15.2. The number of halogens is 1. The first kappa shape index (κ1) is 15.2. The molecule has 1 unspecified atom stereocenters. The molecular weight excluding hydrogens is 267 g/mol. The molecule has 0 amide bonds. The van der Waals surface area contributed by atoms with E-state index < -0.39 is 0 Å². The Hall–Kier alpha value is -2.17. The van der Waals surface area contributed by atoms with Gasteiger partial charge in [-0.25, -0.2) is 9.37 Å². The summed E-state index contributed by atoms with van der Waals surface area (Å²) in [4.78, 5) is 8.74. The number of aromatic nitrogens is 2. The predicted molar refractivity (Wildman–Crippen MR) is 84.0 cm³/mol. The second-order valence-corrected chi connectivity index (χ2v) is 5.03. The van der Waals surface area contributed by atoms with E-state index >= 15 is 0 Å².